The molecule has 0 saturated carbocycles. The Bertz CT molecular complexity index is 2540. The minimum atomic E-state index is -3.62. The lowest BCUT2D eigenvalue weighted by Crippen LogP contribution is -2.19. The molecule has 0 saturated heterocycles. The number of aromatic nitrogens is 2. The van der Waals surface area contributed by atoms with E-state index in [1.54, 1.807) is 60.7 Å². The summed E-state index contributed by atoms with van der Waals surface area (Å²) < 4.78 is 77.4. The molecule has 308 valence electrons. The van der Waals surface area contributed by atoms with Crippen molar-refractivity contribution in [2.24, 2.45) is 0 Å². The molecule has 0 aliphatic heterocycles. The third-order valence-corrected chi connectivity index (χ3v) is 11.7. The van der Waals surface area contributed by atoms with Crippen LogP contribution < -0.4 is 19.9 Å². The highest BCUT2D eigenvalue weighted by atomic mass is 35.7. The number of halogens is 7. The zero-order chi connectivity index (χ0) is 41.9. The smallest absolute Gasteiger partial charge is 0.236 e. The first-order chi connectivity index (χ1) is 26.9. The first-order valence-electron chi connectivity index (χ1n) is 15.9. The minimum absolute atomic E-state index is 0.0576. The van der Waals surface area contributed by atoms with Crippen LogP contribution >= 0.6 is 80.3 Å². The first kappa shape index (κ1) is 46.6. The van der Waals surface area contributed by atoms with Gasteiger partial charge >= 0.3 is 0 Å². The van der Waals surface area contributed by atoms with Gasteiger partial charge in [0, 0.05) is 58.2 Å². The summed E-state index contributed by atoms with van der Waals surface area (Å²) in [6.45, 7) is 0.615. The molecule has 0 aliphatic rings. The summed E-state index contributed by atoms with van der Waals surface area (Å²) >= 11 is 36.1. The van der Waals surface area contributed by atoms with Crippen molar-refractivity contribution in [2.75, 3.05) is 49.4 Å². The van der Waals surface area contributed by atoms with E-state index in [0.717, 1.165) is 5.56 Å². The van der Waals surface area contributed by atoms with Crippen molar-refractivity contribution in [1.82, 2.24) is 10.3 Å². The molecule has 14 nitrogen and oxygen atoms in total. The van der Waals surface area contributed by atoms with Gasteiger partial charge in [-0.25, -0.2) is 16.8 Å². The number of anilines is 2. The Morgan fingerprint density at radius 1 is 0.632 bits per heavy atom. The summed E-state index contributed by atoms with van der Waals surface area (Å²) in [6.07, 6.45) is 0. The van der Waals surface area contributed by atoms with Crippen LogP contribution in [0.15, 0.2) is 69.7 Å². The van der Waals surface area contributed by atoms with Crippen molar-refractivity contribution < 1.29 is 44.8 Å². The summed E-state index contributed by atoms with van der Waals surface area (Å²) in [5.41, 5.74) is 7.98. The van der Waals surface area contributed by atoms with Gasteiger partial charge in [-0.3, -0.25) is 4.72 Å². The number of nitrogens with one attached hydrogen (secondary N) is 1. The number of nitrogen functional groups attached to an aromatic ring is 1. The van der Waals surface area contributed by atoms with Crippen LogP contribution in [0.3, 0.4) is 0 Å². The second kappa shape index (κ2) is 21.2. The lowest BCUT2D eigenvalue weighted by Gasteiger charge is -2.09. The van der Waals surface area contributed by atoms with Gasteiger partial charge in [-0.2, -0.15) is 0 Å². The molecular formula is C34H31Cl7N4O10S2. The zero-order valence-corrected chi connectivity index (χ0v) is 36.5. The molecule has 0 spiro atoms. The number of hydrogen-bond acceptors (Lipinski definition) is 13. The Kier molecular flexibility index (Phi) is 17.3. The SMILES string of the molecule is COCCS(=O)(=O)Cl.COCCS(=O)(=O)Nc1noc2cc(COc3ccc(Cl)c(Cl)c3)c(Cl)cc12.Nc1noc2cc(COc3ccc(Cl)c(Cl)c3)c(Cl)cc12. The normalized spacial score (nSPS) is 11.5. The largest absolute Gasteiger partial charge is 0.489 e. The molecule has 2 aromatic heterocycles. The maximum absolute atomic E-state index is 12.0. The van der Waals surface area contributed by atoms with E-state index >= 15 is 0 Å². The summed E-state index contributed by atoms with van der Waals surface area (Å²) in [7, 11) is 0.679. The molecule has 0 amide bonds. The van der Waals surface area contributed by atoms with E-state index in [-0.39, 0.29) is 43.8 Å². The molecular weight excluding hydrogens is 937 g/mol. The standard InChI is InChI=1S/C17H15Cl3N2O5S.C14H9Cl3N2O2.C3H7ClO3S/c1-25-4-5-28(23,24)22-17-12-8-14(19)10(6-16(12)27-21-17)9-26-11-2-3-13(18)15(20)7-11;15-10-2-1-8(4-12(10)17)20-6-7-3-13-9(5-11(7)16)14(18)19-21-13;1-7-2-3-8(4,5)6/h2-3,6-8H,4-5,9H2,1H3,(H,21,22);1-5H,6H2,(H2,18,19);2-3H2,1H3. The van der Waals surface area contributed by atoms with Crippen molar-refractivity contribution in [1.29, 1.82) is 0 Å². The number of hydrogen-bond donors (Lipinski definition) is 2. The van der Waals surface area contributed by atoms with Crippen LogP contribution in [0.2, 0.25) is 30.1 Å². The van der Waals surface area contributed by atoms with Gasteiger partial charge in [-0.05, 0) is 48.5 Å². The van der Waals surface area contributed by atoms with Crippen molar-refractivity contribution in [3.8, 4) is 11.5 Å². The minimum Gasteiger partial charge on any atom is -0.489 e. The molecule has 4 aromatic carbocycles. The quantitative estimate of drug-likeness (QED) is 0.0980. The van der Waals surface area contributed by atoms with Gasteiger partial charge in [0.05, 0.1) is 55.6 Å². The van der Waals surface area contributed by atoms with Gasteiger partial charge in [0.2, 0.25) is 19.1 Å². The summed E-state index contributed by atoms with van der Waals surface area (Å²) in [5.74, 6) is 1.16. The van der Waals surface area contributed by atoms with Gasteiger partial charge in [0.1, 0.15) is 24.7 Å². The van der Waals surface area contributed by atoms with E-state index in [2.05, 4.69) is 19.8 Å². The van der Waals surface area contributed by atoms with Crippen molar-refractivity contribution >= 4 is 133 Å². The molecule has 0 fully saturated rings. The third-order valence-electron chi connectivity index (χ3n) is 7.22. The second-order valence-corrected chi connectivity index (χ2v) is 18.5. The van der Waals surface area contributed by atoms with Crippen LogP contribution in [0, 0.1) is 0 Å². The fourth-order valence-corrected chi connectivity index (χ4v) is 6.84. The molecule has 23 heteroatoms. The van der Waals surface area contributed by atoms with Crippen molar-refractivity contribution in [2.45, 2.75) is 13.2 Å². The number of methoxy groups -OCH3 is 2. The fraction of sp³-hybridized carbons (Fsp3) is 0.235. The lowest BCUT2D eigenvalue weighted by atomic mass is 10.2. The van der Waals surface area contributed by atoms with Crippen molar-refractivity contribution in [3.63, 3.8) is 0 Å². The average Bonchev–Trinajstić information content (AvgIpc) is 3.71. The van der Waals surface area contributed by atoms with Crippen LogP contribution in [-0.4, -0.2) is 66.1 Å². The average molecular weight is 968 g/mol. The van der Waals surface area contributed by atoms with E-state index < -0.39 is 19.1 Å². The zero-order valence-electron chi connectivity index (χ0n) is 29.5. The number of fused-ring (bicyclic) bond motifs is 2. The van der Waals surface area contributed by atoms with Crippen LogP contribution in [0.1, 0.15) is 11.1 Å². The number of rotatable bonds is 14. The highest BCUT2D eigenvalue weighted by Gasteiger charge is 2.18. The van der Waals surface area contributed by atoms with Crippen LogP contribution in [0.25, 0.3) is 21.9 Å². The Morgan fingerprint density at radius 2 is 1.11 bits per heavy atom. The van der Waals surface area contributed by atoms with Gasteiger partial charge < -0.3 is 33.7 Å². The molecule has 0 radical (unpaired) electrons. The molecule has 0 bridgehead atoms. The number of nitrogens with zero attached hydrogens (tertiary/aromatic N) is 2. The molecule has 6 rings (SSSR count). The van der Waals surface area contributed by atoms with E-state index in [1.807, 2.05) is 0 Å². The predicted octanol–water partition coefficient (Wildman–Crippen LogP) is 9.91. The van der Waals surface area contributed by atoms with Gasteiger partial charge in [-0.15, -0.1) is 0 Å². The Labute approximate surface area is 361 Å². The van der Waals surface area contributed by atoms with Gasteiger partial charge in [0.15, 0.2) is 22.8 Å². The number of nitrogens with two attached hydrogens (primary N) is 1. The van der Waals surface area contributed by atoms with Crippen LogP contribution in [0.5, 0.6) is 11.5 Å². The number of ether oxygens (including phenoxy) is 4. The Balaban J connectivity index is 0.000000218. The number of benzene rings is 4. The number of sulfonamides is 1. The lowest BCUT2D eigenvalue weighted by molar-refractivity contribution is 0.217. The molecule has 2 heterocycles. The highest BCUT2D eigenvalue weighted by Crippen LogP contribution is 2.33. The molecule has 57 heavy (non-hydrogen) atoms. The van der Waals surface area contributed by atoms with Crippen LogP contribution in [0.4, 0.5) is 11.6 Å². The molecule has 0 aliphatic carbocycles. The van der Waals surface area contributed by atoms with Gasteiger partial charge in [0.25, 0.3) is 0 Å². The maximum Gasteiger partial charge on any atom is 0.236 e. The van der Waals surface area contributed by atoms with E-state index in [1.165, 1.54) is 14.2 Å². The first-order valence-corrected chi connectivity index (χ1v) is 22.3. The third kappa shape index (κ3) is 14.3. The fourth-order valence-electron chi connectivity index (χ4n) is 4.34. The molecule has 0 unspecified atom stereocenters. The summed E-state index contributed by atoms with van der Waals surface area (Å²) in [6, 6.07) is 16.6. The van der Waals surface area contributed by atoms with E-state index in [4.69, 9.17) is 109 Å². The van der Waals surface area contributed by atoms with Gasteiger partial charge in [-0.1, -0.05) is 79.9 Å². The maximum atomic E-state index is 12.0. The molecule has 3 N–H and O–H groups in total. The molecule has 6 aromatic rings. The molecule has 0 atom stereocenters. The topological polar surface area (TPSA) is 195 Å². The van der Waals surface area contributed by atoms with Crippen molar-refractivity contribution in [3.05, 3.63) is 102 Å². The van der Waals surface area contributed by atoms with E-state index in [0.29, 0.717) is 75.0 Å². The van der Waals surface area contributed by atoms with E-state index in [9.17, 15) is 16.8 Å². The monoisotopic (exact) mass is 964 g/mol. The van der Waals surface area contributed by atoms with Crippen LogP contribution in [-0.2, 0) is 41.8 Å². The Morgan fingerprint density at radius 3 is 1.58 bits per heavy atom. The summed E-state index contributed by atoms with van der Waals surface area (Å²) in [5, 5.41) is 11.2. The summed E-state index contributed by atoms with van der Waals surface area (Å²) in [4.78, 5) is 0. The highest BCUT2D eigenvalue weighted by molar-refractivity contribution is 8.13. The predicted molar refractivity (Wildman–Crippen MR) is 225 cm³/mol. The Hall–Kier alpha value is -3.13. The second-order valence-electron chi connectivity index (χ2n) is 11.4.